The van der Waals surface area contributed by atoms with Crippen LogP contribution in [-0.4, -0.2) is 62.4 Å². The minimum atomic E-state index is -1.29. The lowest BCUT2D eigenvalue weighted by Crippen LogP contribution is -2.53. The Bertz CT molecular complexity index is 783. The van der Waals surface area contributed by atoms with E-state index >= 15 is 0 Å². The molecule has 12 heteroatoms. The van der Waals surface area contributed by atoms with Crippen LogP contribution < -0.4 is 32.3 Å². The molecule has 1 unspecified atom stereocenters. The van der Waals surface area contributed by atoms with Crippen molar-refractivity contribution in [1.29, 1.82) is 0 Å². The predicted molar refractivity (Wildman–Crippen MR) is 116 cm³/mol. The number of amides is 5. The molecule has 0 bridgehead atoms. The first-order valence-corrected chi connectivity index (χ1v) is 9.93. The molecule has 0 fully saturated rings. The maximum atomic E-state index is 12.3. The number of benzene rings is 1. The van der Waals surface area contributed by atoms with Gasteiger partial charge in [-0.1, -0.05) is 12.1 Å². The van der Waals surface area contributed by atoms with Gasteiger partial charge in [0.1, 0.15) is 11.6 Å². The van der Waals surface area contributed by atoms with Crippen molar-refractivity contribution in [2.24, 2.45) is 5.73 Å². The standard InChI is InChI=1S/C20H30N6O6/c1-20(2,18(21)30)26-19(31)32-16(7-8-22-9-10-23-12-27)14-3-5-15(6-4-14)25-17(29)11-24-13-28/h3-6,12-13,16,22H,7-11H2,1-2H3,(H2,21,30)(H,23,27)(H,24,28)(H,25,29)(H,26,31). The molecule has 32 heavy (non-hydrogen) atoms. The fraction of sp³-hybridized carbons (Fsp3) is 0.450. The average molecular weight is 450 g/mol. The average Bonchev–Trinajstić information content (AvgIpc) is 2.74. The van der Waals surface area contributed by atoms with E-state index in [1.807, 2.05) is 0 Å². The van der Waals surface area contributed by atoms with Gasteiger partial charge < -0.3 is 37.1 Å². The third-order valence-electron chi connectivity index (χ3n) is 4.30. The number of hydrogen-bond acceptors (Lipinski definition) is 7. The quantitative estimate of drug-likeness (QED) is 0.148. The van der Waals surface area contributed by atoms with E-state index in [1.54, 1.807) is 24.3 Å². The highest BCUT2D eigenvalue weighted by Crippen LogP contribution is 2.23. The van der Waals surface area contributed by atoms with Crippen LogP contribution in [0.2, 0.25) is 0 Å². The summed E-state index contributed by atoms with van der Waals surface area (Å²) in [7, 11) is 0. The number of nitrogens with two attached hydrogens (primary N) is 1. The molecule has 1 aromatic rings. The highest BCUT2D eigenvalue weighted by molar-refractivity contribution is 5.93. The zero-order chi connectivity index (χ0) is 24.0. The van der Waals surface area contributed by atoms with Gasteiger partial charge in [-0.25, -0.2) is 4.79 Å². The van der Waals surface area contributed by atoms with Crippen molar-refractivity contribution < 1.29 is 28.7 Å². The molecular formula is C20H30N6O6. The van der Waals surface area contributed by atoms with E-state index in [9.17, 15) is 24.0 Å². The summed E-state index contributed by atoms with van der Waals surface area (Å²) < 4.78 is 5.52. The van der Waals surface area contributed by atoms with Crippen molar-refractivity contribution >= 4 is 36.4 Å². The Morgan fingerprint density at radius 2 is 1.69 bits per heavy atom. The minimum Gasteiger partial charge on any atom is -0.441 e. The third kappa shape index (κ3) is 9.89. The van der Waals surface area contributed by atoms with Crippen LogP contribution >= 0.6 is 0 Å². The number of primary amides is 1. The van der Waals surface area contributed by atoms with Gasteiger partial charge in [0.25, 0.3) is 0 Å². The summed E-state index contributed by atoms with van der Waals surface area (Å²) in [5, 5.41) is 13.0. The molecule has 1 rings (SSSR count). The molecular weight excluding hydrogens is 420 g/mol. The summed E-state index contributed by atoms with van der Waals surface area (Å²) in [6.07, 6.45) is -0.0302. The summed E-state index contributed by atoms with van der Waals surface area (Å²) in [5.74, 6) is -1.10. The smallest absolute Gasteiger partial charge is 0.408 e. The number of hydrogen-bond donors (Lipinski definition) is 6. The van der Waals surface area contributed by atoms with Crippen molar-refractivity contribution in [2.45, 2.75) is 31.9 Å². The van der Waals surface area contributed by atoms with Gasteiger partial charge in [0, 0.05) is 25.2 Å². The van der Waals surface area contributed by atoms with Crippen LogP contribution in [0.3, 0.4) is 0 Å². The Hall–Kier alpha value is -3.67. The van der Waals surface area contributed by atoms with Gasteiger partial charge in [-0.05, 0) is 38.1 Å². The molecule has 0 saturated carbocycles. The predicted octanol–water partition coefficient (Wildman–Crippen LogP) is -0.872. The van der Waals surface area contributed by atoms with E-state index in [-0.39, 0.29) is 12.5 Å². The van der Waals surface area contributed by atoms with Gasteiger partial charge in [-0.15, -0.1) is 0 Å². The van der Waals surface area contributed by atoms with E-state index in [0.717, 1.165) is 0 Å². The second-order valence-electron chi connectivity index (χ2n) is 7.29. The monoisotopic (exact) mass is 450 g/mol. The zero-order valence-corrected chi connectivity index (χ0v) is 18.1. The Labute approximate surface area is 186 Å². The van der Waals surface area contributed by atoms with Crippen LogP contribution in [0.15, 0.2) is 24.3 Å². The molecule has 0 heterocycles. The van der Waals surface area contributed by atoms with E-state index in [0.29, 0.717) is 50.1 Å². The number of nitrogens with one attached hydrogen (secondary N) is 5. The van der Waals surface area contributed by atoms with Crippen molar-refractivity contribution in [3.8, 4) is 0 Å². The van der Waals surface area contributed by atoms with Crippen molar-refractivity contribution in [3.05, 3.63) is 29.8 Å². The normalized spacial score (nSPS) is 11.6. The summed E-state index contributed by atoms with van der Waals surface area (Å²) in [5.41, 5.74) is 5.15. The lowest BCUT2D eigenvalue weighted by molar-refractivity contribution is -0.123. The molecule has 12 nitrogen and oxygen atoms in total. The first-order valence-electron chi connectivity index (χ1n) is 9.93. The molecule has 1 aromatic carbocycles. The van der Waals surface area contributed by atoms with Gasteiger partial charge in [-0.2, -0.15) is 0 Å². The molecule has 0 aliphatic carbocycles. The number of alkyl carbamates (subject to hydrolysis) is 1. The Balaban J connectivity index is 2.81. The number of anilines is 1. The first kappa shape index (κ1) is 26.4. The molecule has 1 atom stereocenters. The van der Waals surface area contributed by atoms with Gasteiger partial charge in [0.2, 0.25) is 24.6 Å². The van der Waals surface area contributed by atoms with Crippen LogP contribution in [-0.2, 0) is 23.9 Å². The molecule has 0 saturated heterocycles. The number of rotatable bonds is 15. The third-order valence-corrected chi connectivity index (χ3v) is 4.30. The van der Waals surface area contributed by atoms with E-state index < -0.39 is 23.6 Å². The van der Waals surface area contributed by atoms with E-state index in [4.69, 9.17) is 10.5 Å². The SMILES string of the molecule is CC(C)(NC(=O)OC(CCNCCNC=O)c1ccc(NC(=O)CNC=O)cc1)C(N)=O. The van der Waals surface area contributed by atoms with Crippen molar-refractivity contribution in [1.82, 2.24) is 21.3 Å². The van der Waals surface area contributed by atoms with Gasteiger partial charge in [-0.3, -0.25) is 19.2 Å². The number of carbonyl (C=O) groups is 5. The second kappa shape index (κ2) is 13.6. The Morgan fingerprint density at radius 3 is 2.28 bits per heavy atom. The molecule has 0 aliphatic rings. The maximum absolute atomic E-state index is 12.3. The van der Waals surface area contributed by atoms with Gasteiger partial charge >= 0.3 is 6.09 Å². The fourth-order valence-corrected chi connectivity index (χ4v) is 2.47. The Kier molecular flexibility index (Phi) is 11.2. The summed E-state index contributed by atoms with van der Waals surface area (Å²) in [6.45, 7) is 4.24. The molecule has 5 amide bonds. The summed E-state index contributed by atoms with van der Waals surface area (Å²) in [6, 6.07) is 6.65. The molecule has 7 N–H and O–H groups in total. The van der Waals surface area contributed by atoms with Crippen LogP contribution in [0.5, 0.6) is 0 Å². The summed E-state index contributed by atoms with van der Waals surface area (Å²) >= 11 is 0. The van der Waals surface area contributed by atoms with E-state index in [1.165, 1.54) is 13.8 Å². The maximum Gasteiger partial charge on any atom is 0.408 e. The van der Waals surface area contributed by atoms with Crippen LogP contribution in [0.4, 0.5) is 10.5 Å². The van der Waals surface area contributed by atoms with Crippen LogP contribution in [0.1, 0.15) is 31.9 Å². The molecule has 0 radical (unpaired) electrons. The number of carbonyl (C=O) groups excluding carboxylic acids is 5. The first-order chi connectivity index (χ1) is 15.2. The minimum absolute atomic E-state index is 0.155. The van der Waals surface area contributed by atoms with Crippen molar-refractivity contribution in [3.63, 3.8) is 0 Å². The second-order valence-corrected chi connectivity index (χ2v) is 7.29. The largest absolute Gasteiger partial charge is 0.441 e. The number of ether oxygens (including phenoxy) is 1. The molecule has 0 aromatic heterocycles. The van der Waals surface area contributed by atoms with Gasteiger partial charge in [0.05, 0.1) is 6.54 Å². The highest BCUT2D eigenvalue weighted by atomic mass is 16.6. The molecule has 0 spiro atoms. The van der Waals surface area contributed by atoms with Crippen LogP contribution in [0, 0.1) is 0 Å². The van der Waals surface area contributed by atoms with E-state index in [2.05, 4.69) is 26.6 Å². The van der Waals surface area contributed by atoms with Crippen molar-refractivity contribution in [2.75, 3.05) is 31.5 Å². The molecule has 0 aliphatic heterocycles. The Morgan fingerprint density at radius 1 is 1.03 bits per heavy atom. The fourth-order valence-electron chi connectivity index (χ4n) is 2.47. The summed E-state index contributed by atoms with van der Waals surface area (Å²) in [4.78, 5) is 56.0. The molecule has 176 valence electrons. The topological polar surface area (TPSA) is 181 Å². The lowest BCUT2D eigenvalue weighted by atomic mass is 10.1. The van der Waals surface area contributed by atoms with Crippen LogP contribution in [0.25, 0.3) is 0 Å². The van der Waals surface area contributed by atoms with Gasteiger partial charge in [0.15, 0.2) is 0 Å². The zero-order valence-electron chi connectivity index (χ0n) is 18.1. The lowest BCUT2D eigenvalue weighted by Gasteiger charge is -2.25. The highest BCUT2D eigenvalue weighted by Gasteiger charge is 2.29.